The van der Waals surface area contributed by atoms with E-state index >= 15 is 0 Å². The molecule has 0 fully saturated rings. The summed E-state index contributed by atoms with van der Waals surface area (Å²) in [5, 5.41) is 10.1. The SMILES string of the molecule is COC1=CC(=O)O[C@H](c2coc(/C(=C\c3ccc(Cl)[nH]3)CO)n2)[C@@H]1C. The van der Waals surface area contributed by atoms with E-state index in [-0.39, 0.29) is 18.4 Å². The molecule has 8 heteroatoms. The fourth-order valence-electron chi connectivity index (χ4n) is 2.61. The standard InChI is InChI=1S/C17H17ClN2O5/c1-9-13(23-2)6-15(22)25-16(9)12-8-24-17(20-12)10(7-21)5-11-3-4-14(18)19-11/h3-6,8-9,16,19,21H,7H2,1-2H3/b10-5-/t9-,16+/m1/s1. The van der Waals surface area contributed by atoms with Gasteiger partial charge >= 0.3 is 5.97 Å². The highest BCUT2D eigenvalue weighted by molar-refractivity contribution is 6.29. The Morgan fingerprint density at radius 1 is 1.52 bits per heavy atom. The highest BCUT2D eigenvalue weighted by atomic mass is 35.5. The summed E-state index contributed by atoms with van der Waals surface area (Å²) in [6, 6.07) is 3.47. The molecule has 1 aliphatic rings. The molecule has 0 aliphatic carbocycles. The lowest BCUT2D eigenvalue weighted by Gasteiger charge is -2.27. The number of nitrogens with zero attached hydrogens (tertiary/aromatic N) is 1. The zero-order valence-corrected chi connectivity index (χ0v) is 14.4. The van der Waals surface area contributed by atoms with Gasteiger partial charge in [0.2, 0.25) is 5.89 Å². The molecule has 0 radical (unpaired) electrons. The Bertz CT molecular complexity index is 836. The summed E-state index contributed by atoms with van der Waals surface area (Å²) in [6.07, 6.45) is 3.78. The number of aliphatic hydroxyl groups excluding tert-OH is 1. The van der Waals surface area contributed by atoms with Crippen LogP contribution in [0.2, 0.25) is 5.15 Å². The lowest BCUT2D eigenvalue weighted by molar-refractivity contribution is -0.149. The largest absolute Gasteiger partial charge is 0.500 e. The minimum Gasteiger partial charge on any atom is -0.500 e. The van der Waals surface area contributed by atoms with E-state index in [2.05, 4.69) is 9.97 Å². The molecule has 3 rings (SSSR count). The fourth-order valence-corrected chi connectivity index (χ4v) is 2.79. The number of cyclic esters (lactones) is 1. The maximum atomic E-state index is 11.7. The van der Waals surface area contributed by atoms with Crippen LogP contribution in [0.4, 0.5) is 0 Å². The summed E-state index contributed by atoms with van der Waals surface area (Å²) < 4.78 is 16.0. The fraction of sp³-hybridized carbons (Fsp3) is 0.294. The van der Waals surface area contributed by atoms with Gasteiger partial charge < -0.3 is 24.0 Å². The van der Waals surface area contributed by atoms with E-state index < -0.39 is 12.1 Å². The third-order valence-electron chi connectivity index (χ3n) is 3.90. The number of aliphatic hydroxyl groups is 1. The van der Waals surface area contributed by atoms with Crippen LogP contribution in [0, 0.1) is 5.92 Å². The first kappa shape index (κ1) is 17.3. The molecule has 2 atom stereocenters. The summed E-state index contributed by atoms with van der Waals surface area (Å²) in [6.45, 7) is 1.59. The van der Waals surface area contributed by atoms with E-state index in [4.69, 9.17) is 25.5 Å². The molecule has 2 aromatic heterocycles. The number of hydrogen-bond acceptors (Lipinski definition) is 6. The number of nitrogens with one attached hydrogen (secondary N) is 1. The van der Waals surface area contributed by atoms with Gasteiger partial charge in [-0.2, -0.15) is 0 Å². The van der Waals surface area contributed by atoms with Crippen LogP contribution < -0.4 is 0 Å². The van der Waals surface area contributed by atoms with Crippen LogP contribution in [0.25, 0.3) is 11.6 Å². The predicted octanol–water partition coefficient (Wildman–Crippen LogP) is 2.95. The minimum absolute atomic E-state index is 0.204. The lowest BCUT2D eigenvalue weighted by atomic mass is 9.97. The molecule has 2 aromatic rings. The molecular weight excluding hydrogens is 348 g/mol. The van der Waals surface area contributed by atoms with Crippen molar-refractivity contribution in [2.24, 2.45) is 5.92 Å². The molecule has 0 bridgehead atoms. The molecule has 0 amide bonds. The Kier molecular flexibility index (Phi) is 4.96. The smallest absolute Gasteiger partial charge is 0.334 e. The average Bonchev–Trinajstić information content (AvgIpc) is 3.23. The van der Waals surface area contributed by atoms with Gasteiger partial charge in [-0.15, -0.1) is 0 Å². The van der Waals surface area contributed by atoms with Gasteiger partial charge in [0.15, 0.2) is 6.10 Å². The molecule has 132 valence electrons. The second-order valence-electron chi connectivity index (χ2n) is 5.56. The van der Waals surface area contributed by atoms with Crippen LogP contribution in [-0.2, 0) is 14.3 Å². The van der Waals surface area contributed by atoms with Crippen molar-refractivity contribution >= 4 is 29.2 Å². The number of ether oxygens (including phenoxy) is 2. The molecule has 3 heterocycles. The monoisotopic (exact) mass is 364 g/mol. The van der Waals surface area contributed by atoms with Crippen molar-refractivity contribution in [3.8, 4) is 0 Å². The lowest BCUT2D eigenvalue weighted by Crippen LogP contribution is -2.25. The Balaban J connectivity index is 1.87. The normalized spacial score (nSPS) is 21.0. The first-order valence-electron chi connectivity index (χ1n) is 7.59. The molecule has 0 saturated carbocycles. The van der Waals surface area contributed by atoms with E-state index in [0.717, 1.165) is 0 Å². The van der Waals surface area contributed by atoms with Gasteiger partial charge in [-0.25, -0.2) is 9.78 Å². The van der Waals surface area contributed by atoms with Gasteiger partial charge in [0, 0.05) is 11.3 Å². The number of carbonyl (C=O) groups is 1. The summed E-state index contributed by atoms with van der Waals surface area (Å²) in [4.78, 5) is 19.0. The molecule has 0 saturated heterocycles. The van der Waals surface area contributed by atoms with Crippen molar-refractivity contribution in [3.63, 3.8) is 0 Å². The topological polar surface area (TPSA) is 97.6 Å². The van der Waals surface area contributed by atoms with Crippen LogP contribution in [-0.4, -0.2) is 34.8 Å². The first-order valence-corrected chi connectivity index (χ1v) is 7.97. The second kappa shape index (κ2) is 7.16. The van der Waals surface area contributed by atoms with Crippen molar-refractivity contribution < 1.29 is 23.8 Å². The Hall–Kier alpha value is -2.51. The molecule has 0 unspecified atom stereocenters. The van der Waals surface area contributed by atoms with Crippen LogP contribution >= 0.6 is 11.6 Å². The number of hydrogen-bond donors (Lipinski definition) is 2. The van der Waals surface area contributed by atoms with Crippen LogP contribution in [0.15, 0.2) is 34.6 Å². The van der Waals surface area contributed by atoms with E-state index in [9.17, 15) is 9.90 Å². The Morgan fingerprint density at radius 2 is 2.32 bits per heavy atom. The number of aromatic nitrogens is 2. The van der Waals surface area contributed by atoms with Gasteiger partial charge in [-0.3, -0.25) is 0 Å². The van der Waals surface area contributed by atoms with Crippen molar-refractivity contribution in [1.82, 2.24) is 9.97 Å². The summed E-state index contributed by atoms with van der Waals surface area (Å²) >= 11 is 5.84. The van der Waals surface area contributed by atoms with Crippen molar-refractivity contribution in [2.75, 3.05) is 13.7 Å². The quantitative estimate of drug-likeness (QED) is 0.791. The zero-order chi connectivity index (χ0) is 18.0. The predicted molar refractivity (Wildman–Crippen MR) is 90.4 cm³/mol. The molecule has 25 heavy (non-hydrogen) atoms. The molecule has 7 nitrogen and oxygen atoms in total. The highest BCUT2D eigenvalue weighted by Crippen LogP contribution is 2.35. The highest BCUT2D eigenvalue weighted by Gasteiger charge is 2.34. The van der Waals surface area contributed by atoms with Gasteiger partial charge in [0.05, 0.1) is 25.7 Å². The van der Waals surface area contributed by atoms with Crippen LogP contribution in [0.3, 0.4) is 0 Å². The number of esters is 1. The summed E-state index contributed by atoms with van der Waals surface area (Å²) in [5.41, 5.74) is 1.61. The Labute approximate surface area is 148 Å². The number of oxazole rings is 1. The molecule has 0 aromatic carbocycles. The van der Waals surface area contributed by atoms with Gasteiger partial charge in [-0.05, 0) is 18.2 Å². The zero-order valence-electron chi connectivity index (χ0n) is 13.7. The van der Waals surface area contributed by atoms with Crippen LogP contribution in [0.5, 0.6) is 0 Å². The van der Waals surface area contributed by atoms with Gasteiger partial charge in [0.25, 0.3) is 0 Å². The first-order chi connectivity index (χ1) is 12.0. The maximum Gasteiger partial charge on any atom is 0.334 e. The van der Waals surface area contributed by atoms with Crippen molar-refractivity contribution in [3.05, 3.63) is 52.7 Å². The summed E-state index contributed by atoms with van der Waals surface area (Å²) in [7, 11) is 1.50. The van der Waals surface area contributed by atoms with Crippen LogP contribution in [0.1, 0.15) is 30.3 Å². The maximum absolute atomic E-state index is 11.7. The van der Waals surface area contributed by atoms with E-state index in [1.165, 1.54) is 19.4 Å². The minimum atomic E-state index is -0.621. The van der Waals surface area contributed by atoms with Gasteiger partial charge in [-0.1, -0.05) is 18.5 Å². The van der Waals surface area contributed by atoms with Crippen molar-refractivity contribution in [1.29, 1.82) is 0 Å². The molecular formula is C17H17ClN2O5. The molecule has 1 aliphatic heterocycles. The molecule has 2 N–H and O–H groups in total. The number of H-pyrrole nitrogens is 1. The Morgan fingerprint density at radius 3 is 2.96 bits per heavy atom. The number of aromatic amines is 1. The number of rotatable bonds is 5. The number of carbonyl (C=O) groups excluding carboxylic acids is 1. The van der Waals surface area contributed by atoms with E-state index in [1.54, 1.807) is 18.2 Å². The van der Waals surface area contributed by atoms with Gasteiger partial charge in [0.1, 0.15) is 22.9 Å². The molecule has 0 spiro atoms. The summed E-state index contributed by atoms with van der Waals surface area (Å²) in [5.74, 6) is 0.0533. The van der Waals surface area contributed by atoms with Crippen molar-refractivity contribution in [2.45, 2.75) is 13.0 Å². The number of halogens is 1. The number of methoxy groups -OCH3 is 1. The van der Waals surface area contributed by atoms with E-state index in [0.29, 0.717) is 27.9 Å². The second-order valence-corrected chi connectivity index (χ2v) is 5.97. The third-order valence-corrected chi connectivity index (χ3v) is 4.12. The average molecular weight is 365 g/mol. The third kappa shape index (κ3) is 3.62. The van der Waals surface area contributed by atoms with E-state index in [1.807, 2.05) is 6.92 Å².